The maximum atomic E-state index is 13.6. The SMILES string of the molecule is CC1(O)CC(c2ccc(-c3nc4ccc(=N)n(C(=N)c5cccnc5)c4nc3-c3ccccc3)cc2)(N2C(=O)c3ccccc3C2=O)C1. The lowest BCUT2D eigenvalue weighted by Crippen LogP contribution is -2.63. The Labute approximate surface area is 275 Å². The number of nitrogens with one attached hydrogen (secondary N) is 2. The van der Waals surface area contributed by atoms with E-state index < -0.39 is 11.1 Å². The number of amides is 2. The maximum absolute atomic E-state index is 13.6. The number of hydrogen-bond donors (Lipinski definition) is 3. The third-order valence-electron chi connectivity index (χ3n) is 9.23. The molecule has 1 saturated carbocycles. The van der Waals surface area contributed by atoms with Gasteiger partial charge >= 0.3 is 0 Å². The molecule has 0 spiro atoms. The van der Waals surface area contributed by atoms with Gasteiger partial charge in [-0.25, -0.2) is 9.97 Å². The molecule has 0 atom stereocenters. The molecule has 1 fully saturated rings. The Bertz CT molecular complexity index is 2310. The molecule has 10 heteroatoms. The summed E-state index contributed by atoms with van der Waals surface area (Å²) >= 11 is 0. The Morgan fingerprint density at radius 1 is 0.771 bits per heavy atom. The highest BCUT2D eigenvalue weighted by Gasteiger charge is 2.60. The molecule has 3 N–H and O–H groups in total. The summed E-state index contributed by atoms with van der Waals surface area (Å²) < 4.78 is 1.45. The summed E-state index contributed by atoms with van der Waals surface area (Å²) in [5, 5.41) is 28.5. The van der Waals surface area contributed by atoms with Crippen LogP contribution in [-0.2, 0) is 5.54 Å². The Morgan fingerprint density at radius 2 is 1.40 bits per heavy atom. The second-order valence-electron chi connectivity index (χ2n) is 12.6. The van der Waals surface area contributed by atoms with Crippen LogP contribution in [0.25, 0.3) is 33.7 Å². The zero-order valence-electron chi connectivity index (χ0n) is 25.9. The molecule has 8 rings (SSSR count). The van der Waals surface area contributed by atoms with Crippen molar-refractivity contribution in [2.45, 2.75) is 30.9 Å². The van der Waals surface area contributed by atoms with Crippen LogP contribution in [0.5, 0.6) is 0 Å². The highest BCUT2D eigenvalue weighted by molar-refractivity contribution is 6.22. The third kappa shape index (κ3) is 4.49. The zero-order valence-corrected chi connectivity index (χ0v) is 25.9. The van der Waals surface area contributed by atoms with Crippen molar-refractivity contribution >= 4 is 28.8 Å². The summed E-state index contributed by atoms with van der Waals surface area (Å²) in [6.45, 7) is 1.72. The van der Waals surface area contributed by atoms with E-state index in [1.165, 1.54) is 9.47 Å². The van der Waals surface area contributed by atoms with Gasteiger partial charge in [-0.1, -0.05) is 66.7 Å². The minimum Gasteiger partial charge on any atom is -0.390 e. The van der Waals surface area contributed by atoms with Crippen LogP contribution in [0.3, 0.4) is 0 Å². The first kappa shape index (κ1) is 29.3. The maximum Gasteiger partial charge on any atom is 0.262 e. The lowest BCUT2D eigenvalue weighted by atomic mass is 9.61. The number of carbonyl (C=O) groups is 2. The lowest BCUT2D eigenvalue weighted by molar-refractivity contribution is -0.118. The molecule has 2 aliphatic rings. The van der Waals surface area contributed by atoms with Gasteiger partial charge in [-0.3, -0.25) is 34.9 Å². The molecule has 3 aromatic heterocycles. The van der Waals surface area contributed by atoms with Crippen LogP contribution in [0.4, 0.5) is 0 Å². The molecule has 10 nitrogen and oxygen atoms in total. The largest absolute Gasteiger partial charge is 0.390 e. The van der Waals surface area contributed by atoms with Crippen molar-refractivity contribution in [2.75, 3.05) is 0 Å². The lowest BCUT2D eigenvalue weighted by Gasteiger charge is -2.55. The summed E-state index contributed by atoms with van der Waals surface area (Å²) in [7, 11) is 0. The quantitative estimate of drug-likeness (QED) is 0.129. The number of hydrogen-bond acceptors (Lipinski definition) is 8. The number of imide groups is 1. The Balaban J connectivity index is 1.26. The number of aliphatic hydroxyl groups is 1. The van der Waals surface area contributed by atoms with Crippen molar-refractivity contribution in [3.05, 3.63) is 143 Å². The van der Waals surface area contributed by atoms with Crippen LogP contribution < -0.4 is 5.49 Å². The predicted octanol–water partition coefficient (Wildman–Crippen LogP) is 5.55. The van der Waals surface area contributed by atoms with Crippen molar-refractivity contribution in [3.8, 4) is 22.5 Å². The average molecular weight is 632 g/mol. The van der Waals surface area contributed by atoms with Gasteiger partial charge in [-0.15, -0.1) is 0 Å². The van der Waals surface area contributed by atoms with Crippen LogP contribution in [0, 0.1) is 10.8 Å². The van der Waals surface area contributed by atoms with E-state index in [2.05, 4.69) is 4.98 Å². The van der Waals surface area contributed by atoms with Crippen LogP contribution >= 0.6 is 0 Å². The molecule has 4 heterocycles. The molecule has 2 amide bonds. The number of rotatable bonds is 5. The van der Waals surface area contributed by atoms with E-state index in [1.54, 1.807) is 67.8 Å². The molecule has 1 aliphatic carbocycles. The smallest absolute Gasteiger partial charge is 0.262 e. The van der Waals surface area contributed by atoms with Gasteiger partial charge in [-0.2, -0.15) is 0 Å². The minimum absolute atomic E-state index is 0.0546. The molecular weight excluding hydrogens is 602 g/mol. The monoisotopic (exact) mass is 631 g/mol. The van der Waals surface area contributed by atoms with Crippen LogP contribution in [-0.4, -0.2) is 52.8 Å². The van der Waals surface area contributed by atoms with Gasteiger partial charge in [0.05, 0.1) is 33.7 Å². The Kier molecular flexibility index (Phi) is 6.54. The van der Waals surface area contributed by atoms with Gasteiger partial charge in [0.2, 0.25) is 0 Å². The summed E-state index contributed by atoms with van der Waals surface area (Å²) in [4.78, 5) is 42.8. The normalized spacial score (nSPS) is 20.1. The third-order valence-corrected chi connectivity index (χ3v) is 9.23. The molecular formula is C38H29N7O3. The molecule has 6 aromatic rings. The van der Waals surface area contributed by atoms with E-state index in [0.717, 1.165) is 16.7 Å². The second-order valence-corrected chi connectivity index (χ2v) is 12.6. The summed E-state index contributed by atoms with van der Waals surface area (Å²) in [6.07, 6.45) is 3.64. The zero-order chi connectivity index (χ0) is 33.2. The van der Waals surface area contributed by atoms with Crippen LogP contribution in [0.2, 0.25) is 0 Å². The van der Waals surface area contributed by atoms with Gasteiger partial charge in [0, 0.05) is 41.9 Å². The Morgan fingerprint density at radius 3 is 2.02 bits per heavy atom. The number of pyridine rings is 2. The fourth-order valence-corrected chi connectivity index (χ4v) is 7.14. The predicted molar refractivity (Wildman–Crippen MR) is 179 cm³/mol. The van der Waals surface area contributed by atoms with Gasteiger partial charge in [0.25, 0.3) is 11.8 Å². The van der Waals surface area contributed by atoms with E-state index in [-0.39, 0.29) is 36.0 Å². The van der Waals surface area contributed by atoms with Gasteiger partial charge < -0.3 is 5.11 Å². The van der Waals surface area contributed by atoms with Crippen molar-refractivity contribution in [1.29, 1.82) is 10.8 Å². The van der Waals surface area contributed by atoms with Crippen LogP contribution in [0.15, 0.2) is 116 Å². The molecule has 0 bridgehead atoms. The van der Waals surface area contributed by atoms with Gasteiger partial charge in [0.15, 0.2) is 5.65 Å². The molecule has 48 heavy (non-hydrogen) atoms. The minimum atomic E-state index is -1.03. The van der Waals surface area contributed by atoms with E-state index in [0.29, 0.717) is 39.2 Å². The standard InChI is InChI=1S/C38H29N7O3/c1-37(48)21-38(22-37,45-35(46)27-11-5-6-12-28(27)36(45)47)26-15-13-24(14-16-26)31-32(23-8-3-2-4-9-23)43-34-29(42-31)17-18-30(39)44(34)33(40)25-10-7-19-41-20-25/h2-20,39-40,48H,21-22H2,1H3. The number of nitrogens with zero attached hydrogens (tertiary/aromatic N) is 5. The number of fused-ring (bicyclic) bond motifs is 2. The first-order valence-electron chi connectivity index (χ1n) is 15.5. The van der Waals surface area contributed by atoms with E-state index >= 15 is 0 Å². The first-order valence-corrected chi connectivity index (χ1v) is 15.5. The van der Waals surface area contributed by atoms with E-state index in [9.17, 15) is 14.7 Å². The van der Waals surface area contributed by atoms with Gasteiger partial charge in [0.1, 0.15) is 16.8 Å². The first-order chi connectivity index (χ1) is 23.2. The van der Waals surface area contributed by atoms with Gasteiger partial charge in [-0.05, 0) is 48.9 Å². The molecule has 1 aliphatic heterocycles. The fraction of sp³-hybridized carbons (Fsp3) is 0.132. The Hall–Kier alpha value is -6.13. The molecule has 0 unspecified atom stereocenters. The second kappa shape index (κ2) is 10.7. The topological polar surface area (TPSA) is 149 Å². The van der Waals surface area contributed by atoms with Crippen LogP contribution in [0.1, 0.15) is 51.6 Å². The highest BCUT2D eigenvalue weighted by Crippen LogP contribution is 2.54. The number of carbonyl (C=O) groups excluding carboxylic acids is 2. The highest BCUT2D eigenvalue weighted by atomic mass is 16.3. The summed E-state index contributed by atoms with van der Waals surface area (Å²) in [6, 6.07) is 30.8. The summed E-state index contributed by atoms with van der Waals surface area (Å²) in [5.74, 6) is -0.666. The van der Waals surface area contributed by atoms with Crippen molar-refractivity contribution in [2.24, 2.45) is 0 Å². The number of benzene rings is 3. The number of aromatic nitrogens is 4. The molecule has 3 aromatic carbocycles. The fourth-order valence-electron chi connectivity index (χ4n) is 7.14. The van der Waals surface area contributed by atoms with E-state index in [4.69, 9.17) is 20.8 Å². The summed E-state index contributed by atoms with van der Waals surface area (Å²) in [5.41, 5.74) is 3.62. The van der Waals surface area contributed by atoms with Crippen molar-refractivity contribution < 1.29 is 14.7 Å². The molecule has 234 valence electrons. The van der Waals surface area contributed by atoms with Crippen molar-refractivity contribution in [1.82, 2.24) is 24.4 Å². The van der Waals surface area contributed by atoms with E-state index in [1.807, 2.05) is 54.6 Å². The average Bonchev–Trinajstić information content (AvgIpc) is 3.36. The van der Waals surface area contributed by atoms with Crippen molar-refractivity contribution in [3.63, 3.8) is 0 Å². The molecule has 0 saturated heterocycles. The molecule has 0 radical (unpaired) electrons.